The molecule has 2 aliphatic heterocycles. The highest BCUT2D eigenvalue weighted by Crippen LogP contribution is 2.28. The van der Waals surface area contributed by atoms with Gasteiger partial charge in [0.15, 0.2) is 0 Å². The molecule has 0 saturated heterocycles. The van der Waals surface area contributed by atoms with Crippen LogP contribution in [0.4, 0.5) is 5.69 Å². The summed E-state index contributed by atoms with van der Waals surface area (Å²) < 4.78 is 5.72. The third-order valence-electron chi connectivity index (χ3n) is 4.21. The van der Waals surface area contributed by atoms with Gasteiger partial charge in [0, 0.05) is 17.5 Å². The van der Waals surface area contributed by atoms with Gasteiger partial charge >= 0.3 is 0 Å². The lowest BCUT2D eigenvalue weighted by atomic mass is 10.2. The highest BCUT2D eigenvalue weighted by molar-refractivity contribution is 8.14. The van der Waals surface area contributed by atoms with Crippen molar-refractivity contribution in [2.24, 2.45) is 5.10 Å². The summed E-state index contributed by atoms with van der Waals surface area (Å²) in [6.07, 6.45) is 0.907. The lowest BCUT2D eigenvalue weighted by Crippen LogP contribution is -2.31. The summed E-state index contributed by atoms with van der Waals surface area (Å²) in [6.45, 7) is 4.71. The highest BCUT2D eigenvalue weighted by atomic mass is 32.2. The number of para-hydroxylation sites is 1. The van der Waals surface area contributed by atoms with Gasteiger partial charge in [0.05, 0.1) is 5.75 Å². The van der Waals surface area contributed by atoms with E-state index in [1.54, 1.807) is 0 Å². The van der Waals surface area contributed by atoms with Crippen LogP contribution in [0, 0.1) is 0 Å². The van der Waals surface area contributed by atoms with Gasteiger partial charge in [-0.15, -0.1) is 5.10 Å². The van der Waals surface area contributed by atoms with Crippen LogP contribution in [0.3, 0.4) is 0 Å². The van der Waals surface area contributed by atoms with Crippen molar-refractivity contribution in [3.63, 3.8) is 0 Å². The molecule has 4 rings (SSSR count). The van der Waals surface area contributed by atoms with Crippen LogP contribution in [0.25, 0.3) is 12.5 Å². The molecule has 2 aromatic rings. The number of anilines is 1. The summed E-state index contributed by atoms with van der Waals surface area (Å²) in [5.41, 5.74) is 5.10. The van der Waals surface area contributed by atoms with E-state index in [0.29, 0.717) is 11.1 Å². The number of ether oxygens (including phenoxy) is 1. The van der Waals surface area contributed by atoms with Gasteiger partial charge in [-0.3, -0.25) is 4.79 Å². The van der Waals surface area contributed by atoms with Crippen LogP contribution < -0.4 is 20.8 Å². The van der Waals surface area contributed by atoms with Crippen LogP contribution in [0.2, 0.25) is 0 Å². The topological polar surface area (TPSA) is 53.9 Å². The standard InChI is InChI=1S/C19H17N3O2S/c1-13-6-2-4-8-15(13)18-20-21-19(24-18)25-12-17(23)22-11-10-14-7-3-5-9-16(14)22/h2-9,20H,1,10-12H2. The summed E-state index contributed by atoms with van der Waals surface area (Å²) in [5.74, 6) is 0.896. The van der Waals surface area contributed by atoms with Crippen molar-refractivity contribution in [1.82, 2.24) is 5.43 Å². The average molecular weight is 351 g/mol. The van der Waals surface area contributed by atoms with Crippen molar-refractivity contribution < 1.29 is 9.53 Å². The number of fused-ring (bicyclic) bond motifs is 1. The number of hydrazone groups is 1. The van der Waals surface area contributed by atoms with Crippen LogP contribution in [-0.4, -0.2) is 23.4 Å². The molecule has 0 spiro atoms. The monoisotopic (exact) mass is 351 g/mol. The van der Waals surface area contributed by atoms with Crippen LogP contribution in [0.15, 0.2) is 53.6 Å². The largest absolute Gasteiger partial charge is 0.413 e. The van der Waals surface area contributed by atoms with E-state index in [1.165, 1.54) is 17.3 Å². The van der Waals surface area contributed by atoms with Gasteiger partial charge in [0.1, 0.15) is 0 Å². The third kappa shape index (κ3) is 3.13. The summed E-state index contributed by atoms with van der Waals surface area (Å²) in [4.78, 5) is 14.4. The van der Waals surface area contributed by atoms with E-state index in [2.05, 4.69) is 23.2 Å². The van der Waals surface area contributed by atoms with Crippen molar-refractivity contribution >= 4 is 41.0 Å². The number of nitrogens with zero attached hydrogens (tertiary/aromatic N) is 2. The maximum atomic E-state index is 12.5. The molecule has 0 bridgehead atoms. The van der Waals surface area contributed by atoms with Gasteiger partial charge < -0.3 is 9.64 Å². The maximum Gasteiger partial charge on any atom is 0.275 e. The Bertz CT molecular complexity index is 971. The molecule has 25 heavy (non-hydrogen) atoms. The van der Waals surface area contributed by atoms with E-state index in [9.17, 15) is 4.79 Å². The van der Waals surface area contributed by atoms with E-state index in [1.807, 2.05) is 47.4 Å². The molecule has 0 radical (unpaired) electrons. The zero-order valence-corrected chi connectivity index (χ0v) is 14.4. The molecular weight excluding hydrogens is 334 g/mol. The number of amides is 1. The first-order valence-corrected chi connectivity index (χ1v) is 9.02. The second kappa shape index (κ2) is 6.64. The van der Waals surface area contributed by atoms with E-state index in [-0.39, 0.29) is 11.7 Å². The number of carbonyl (C=O) groups excluding carboxylic acids is 1. The van der Waals surface area contributed by atoms with Gasteiger partial charge in [-0.1, -0.05) is 54.7 Å². The summed E-state index contributed by atoms with van der Waals surface area (Å²) in [5, 5.41) is 6.31. The van der Waals surface area contributed by atoms with E-state index in [0.717, 1.165) is 29.1 Å². The fourth-order valence-corrected chi connectivity index (χ4v) is 3.60. The molecule has 0 aromatic heterocycles. The number of benzene rings is 2. The Hall–Kier alpha value is -2.73. The van der Waals surface area contributed by atoms with Crippen LogP contribution in [0.1, 0.15) is 5.56 Å². The first-order chi connectivity index (χ1) is 12.2. The number of thioether (sulfide) groups is 1. The minimum Gasteiger partial charge on any atom is -0.413 e. The summed E-state index contributed by atoms with van der Waals surface area (Å²) >= 11 is 1.29. The normalized spacial score (nSPS) is 17.6. The zero-order valence-electron chi connectivity index (χ0n) is 13.6. The number of hydrogen-bond donors (Lipinski definition) is 1. The molecular formula is C19H17N3O2S. The molecule has 1 amide bonds. The molecule has 0 aliphatic carbocycles. The number of rotatable bonds is 2. The number of nitrogens with one attached hydrogen (secondary N) is 1. The van der Waals surface area contributed by atoms with Crippen molar-refractivity contribution in [3.8, 4) is 0 Å². The minimum absolute atomic E-state index is 0.0623. The van der Waals surface area contributed by atoms with Crippen molar-refractivity contribution in [3.05, 3.63) is 64.5 Å². The molecule has 0 atom stereocenters. The Morgan fingerprint density at radius 2 is 2.04 bits per heavy atom. The lowest BCUT2D eigenvalue weighted by molar-refractivity contribution is -0.116. The summed E-state index contributed by atoms with van der Waals surface area (Å²) in [6, 6.07) is 15.7. The molecule has 0 unspecified atom stereocenters. The Morgan fingerprint density at radius 1 is 1.24 bits per heavy atom. The Balaban J connectivity index is 1.40. The predicted octanol–water partition coefficient (Wildman–Crippen LogP) is 1.38. The molecule has 0 saturated carbocycles. The van der Waals surface area contributed by atoms with Crippen LogP contribution in [-0.2, 0) is 16.0 Å². The summed E-state index contributed by atoms with van der Waals surface area (Å²) in [7, 11) is 0. The minimum atomic E-state index is 0.0623. The SMILES string of the molecule is C=c1ccccc1=C1NN=C(SCC(=O)N2CCc3ccccc32)O1. The van der Waals surface area contributed by atoms with Crippen LogP contribution in [0.5, 0.6) is 0 Å². The Kier molecular flexibility index (Phi) is 4.19. The van der Waals surface area contributed by atoms with Crippen LogP contribution >= 0.6 is 11.8 Å². The lowest BCUT2D eigenvalue weighted by Gasteiger charge is -2.16. The molecule has 2 aromatic carbocycles. The first-order valence-electron chi connectivity index (χ1n) is 8.03. The maximum absolute atomic E-state index is 12.5. The average Bonchev–Trinajstić information content (AvgIpc) is 3.27. The van der Waals surface area contributed by atoms with Gasteiger partial charge in [-0.25, -0.2) is 5.43 Å². The van der Waals surface area contributed by atoms with Crippen molar-refractivity contribution in [1.29, 1.82) is 0 Å². The second-order valence-corrected chi connectivity index (χ2v) is 6.72. The van der Waals surface area contributed by atoms with Crippen molar-refractivity contribution in [2.75, 3.05) is 17.2 Å². The van der Waals surface area contributed by atoms with Gasteiger partial charge in [-0.05, 0) is 29.3 Å². The van der Waals surface area contributed by atoms with E-state index in [4.69, 9.17) is 4.74 Å². The molecule has 0 fully saturated rings. The van der Waals surface area contributed by atoms with Gasteiger partial charge in [0.25, 0.3) is 5.23 Å². The fourth-order valence-electron chi connectivity index (χ4n) is 2.95. The molecule has 126 valence electrons. The smallest absolute Gasteiger partial charge is 0.275 e. The number of carbonyl (C=O) groups is 1. The Morgan fingerprint density at radius 3 is 2.92 bits per heavy atom. The predicted molar refractivity (Wildman–Crippen MR) is 101 cm³/mol. The first kappa shape index (κ1) is 15.8. The van der Waals surface area contributed by atoms with Crippen molar-refractivity contribution in [2.45, 2.75) is 6.42 Å². The highest BCUT2D eigenvalue weighted by Gasteiger charge is 2.25. The molecule has 1 N–H and O–H groups in total. The van der Waals surface area contributed by atoms with E-state index < -0.39 is 0 Å². The molecule has 5 nitrogen and oxygen atoms in total. The third-order valence-corrected chi connectivity index (χ3v) is 5.02. The Labute approximate surface area is 149 Å². The molecule has 2 aliphatic rings. The quantitative estimate of drug-likeness (QED) is 0.888. The zero-order chi connectivity index (χ0) is 17.2. The molecule has 2 heterocycles. The second-order valence-electron chi connectivity index (χ2n) is 5.79. The molecule has 6 heteroatoms. The van der Waals surface area contributed by atoms with E-state index >= 15 is 0 Å². The van der Waals surface area contributed by atoms with Gasteiger partial charge in [-0.2, -0.15) is 0 Å². The fraction of sp³-hybridized carbons (Fsp3) is 0.158. The van der Waals surface area contributed by atoms with Gasteiger partial charge in [0.2, 0.25) is 11.8 Å². The number of hydrogen-bond acceptors (Lipinski definition) is 5.